The fourth-order valence-electron chi connectivity index (χ4n) is 1.82. The average molecular weight is 324 g/mol. The van der Waals surface area contributed by atoms with Crippen molar-refractivity contribution in [3.8, 4) is 11.5 Å². The van der Waals surface area contributed by atoms with Gasteiger partial charge in [0.15, 0.2) is 11.6 Å². The zero-order valence-corrected chi connectivity index (χ0v) is 12.7. The number of carbonyl (C=O) groups excluding carboxylic acids is 1. The quantitative estimate of drug-likeness (QED) is 0.918. The lowest BCUT2D eigenvalue weighted by molar-refractivity contribution is 0.0773. The molecule has 0 bridgehead atoms. The van der Waals surface area contributed by atoms with Gasteiger partial charge in [-0.2, -0.15) is 0 Å². The molecule has 1 amide bonds. The molecule has 2 aromatic carbocycles. The van der Waals surface area contributed by atoms with Gasteiger partial charge >= 0.3 is 0 Å². The van der Waals surface area contributed by atoms with E-state index in [-0.39, 0.29) is 35.6 Å². The van der Waals surface area contributed by atoms with Gasteiger partial charge in [-0.25, -0.2) is 4.39 Å². The number of carbonyl (C=O) groups is 1. The van der Waals surface area contributed by atoms with Crippen LogP contribution in [0.4, 0.5) is 4.39 Å². The van der Waals surface area contributed by atoms with E-state index >= 15 is 0 Å². The molecule has 0 aliphatic carbocycles. The summed E-state index contributed by atoms with van der Waals surface area (Å²) in [6.07, 6.45) is 0. The maximum absolute atomic E-state index is 13.4. The summed E-state index contributed by atoms with van der Waals surface area (Å²) in [7, 11) is 1.60. The molecule has 116 valence electrons. The van der Waals surface area contributed by atoms with Crippen molar-refractivity contribution in [2.75, 3.05) is 20.2 Å². The number of hydrogen-bond donors (Lipinski definition) is 1. The molecular weight excluding hydrogens is 309 g/mol. The Hall–Kier alpha value is -2.27. The lowest BCUT2D eigenvalue weighted by atomic mass is 10.2. The van der Waals surface area contributed by atoms with Crippen LogP contribution in [0.1, 0.15) is 10.4 Å². The topological polar surface area (TPSA) is 49.8 Å². The number of rotatable bonds is 5. The van der Waals surface area contributed by atoms with Crippen molar-refractivity contribution >= 4 is 17.5 Å². The summed E-state index contributed by atoms with van der Waals surface area (Å²) in [6, 6.07) is 10.3. The molecule has 2 rings (SSSR count). The maximum atomic E-state index is 13.4. The lowest BCUT2D eigenvalue weighted by Gasteiger charge is -2.18. The molecule has 4 nitrogen and oxygen atoms in total. The number of halogens is 2. The molecule has 0 aliphatic heterocycles. The van der Waals surface area contributed by atoms with E-state index in [2.05, 4.69) is 0 Å². The third-order valence-corrected chi connectivity index (χ3v) is 3.36. The SMILES string of the molecule is CN(CCOc1ccccc1F)C(=O)c1ccc(O)c(Cl)c1. The Morgan fingerprint density at radius 3 is 2.73 bits per heavy atom. The van der Waals surface area contributed by atoms with Gasteiger partial charge in [0, 0.05) is 12.6 Å². The molecule has 2 aromatic rings. The highest BCUT2D eigenvalue weighted by molar-refractivity contribution is 6.32. The predicted octanol–water partition coefficient (Wildman–Crippen LogP) is 3.34. The largest absolute Gasteiger partial charge is 0.506 e. The van der Waals surface area contributed by atoms with Crippen molar-refractivity contribution < 1.29 is 19.0 Å². The Bertz CT molecular complexity index is 678. The minimum absolute atomic E-state index is 0.0799. The van der Waals surface area contributed by atoms with Gasteiger partial charge in [-0.1, -0.05) is 23.7 Å². The molecule has 0 saturated carbocycles. The molecule has 0 unspecified atom stereocenters. The Balaban J connectivity index is 1.91. The smallest absolute Gasteiger partial charge is 0.253 e. The molecule has 0 spiro atoms. The van der Waals surface area contributed by atoms with Crippen LogP contribution in [0.2, 0.25) is 5.02 Å². The van der Waals surface area contributed by atoms with Gasteiger partial charge in [0.2, 0.25) is 0 Å². The van der Waals surface area contributed by atoms with Crippen molar-refractivity contribution in [3.05, 3.63) is 58.9 Å². The zero-order valence-electron chi connectivity index (χ0n) is 11.9. The summed E-state index contributed by atoms with van der Waals surface area (Å²) in [5.74, 6) is -0.638. The van der Waals surface area contributed by atoms with E-state index in [0.29, 0.717) is 5.56 Å². The number of para-hydroxylation sites is 1. The summed E-state index contributed by atoms with van der Waals surface area (Å²) in [5.41, 5.74) is 0.358. The van der Waals surface area contributed by atoms with E-state index in [4.69, 9.17) is 16.3 Å². The molecular formula is C16H15ClFNO3. The molecule has 0 atom stereocenters. The Kier molecular flexibility index (Phi) is 5.22. The maximum Gasteiger partial charge on any atom is 0.253 e. The summed E-state index contributed by atoms with van der Waals surface area (Å²) in [4.78, 5) is 13.6. The normalized spacial score (nSPS) is 10.3. The number of ether oxygens (including phenoxy) is 1. The van der Waals surface area contributed by atoms with E-state index in [9.17, 15) is 14.3 Å². The average Bonchev–Trinajstić information content (AvgIpc) is 2.51. The summed E-state index contributed by atoms with van der Waals surface area (Å²) < 4.78 is 18.7. The number of aromatic hydroxyl groups is 1. The molecule has 0 radical (unpaired) electrons. The van der Waals surface area contributed by atoms with E-state index in [0.717, 1.165) is 0 Å². The number of nitrogens with zero attached hydrogens (tertiary/aromatic N) is 1. The molecule has 6 heteroatoms. The highest BCUT2D eigenvalue weighted by atomic mass is 35.5. The summed E-state index contributed by atoms with van der Waals surface area (Å²) in [5, 5.41) is 9.46. The van der Waals surface area contributed by atoms with Crippen LogP contribution in [0, 0.1) is 5.82 Å². The van der Waals surface area contributed by atoms with E-state index in [1.165, 1.54) is 35.2 Å². The Labute approximate surface area is 132 Å². The monoisotopic (exact) mass is 323 g/mol. The van der Waals surface area contributed by atoms with Crippen molar-refractivity contribution in [1.29, 1.82) is 0 Å². The molecule has 0 aromatic heterocycles. The van der Waals surface area contributed by atoms with Crippen molar-refractivity contribution in [3.63, 3.8) is 0 Å². The number of amides is 1. The highest BCUT2D eigenvalue weighted by Gasteiger charge is 2.13. The first-order valence-electron chi connectivity index (χ1n) is 6.60. The van der Waals surface area contributed by atoms with Crippen molar-refractivity contribution in [1.82, 2.24) is 4.90 Å². The lowest BCUT2D eigenvalue weighted by Crippen LogP contribution is -2.30. The Morgan fingerprint density at radius 1 is 1.32 bits per heavy atom. The second kappa shape index (κ2) is 7.13. The van der Waals surface area contributed by atoms with Crippen LogP contribution in [0.25, 0.3) is 0 Å². The molecule has 0 saturated heterocycles. The number of benzene rings is 2. The van der Waals surface area contributed by atoms with Gasteiger partial charge in [0.1, 0.15) is 12.4 Å². The van der Waals surface area contributed by atoms with Gasteiger partial charge in [-0.05, 0) is 30.3 Å². The zero-order chi connectivity index (χ0) is 16.1. The van der Waals surface area contributed by atoms with Gasteiger partial charge < -0.3 is 14.7 Å². The first kappa shape index (κ1) is 16.1. The van der Waals surface area contributed by atoms with Crippen LogP contribution in [0.5, 0.6) is 11.5 Å². The number of phenolic OH excluding ortho intramolecular Hbond substituents is 1. The number of hydrogen-bond acceptors (Lipinski definition) is 3. The van der Waals surface area contributed by atoms with Crippen LogP contribution in [0.15, 0.2) is 42.5 Å². The second-order valence-electron chi connectivity index (χ2n) is 4.67. The molecule has 22 heavy (non-hydrogen) atoms. The van der Waals surface area contributed by atoms with Crippen LogP contribution in [0.3, 0.4) is 0 Å². The third kappa shape index (κ3) is 3.89. The van der Waals surface area contributed by atoms with Crippen LogP contribution >= 0.6 is 11.6 Å². The van der Waals surface area contributed by atoms with Gasteiger partial charge in [0.05, 0.1) is 11.6 Å². The van der Waals surface area contributed by atoms with E-state index in [1.807, 2.05) is 0 Å². The highest BCUT2D eigenvalue weighted by Crippen LogP contribution is 2.24. The first-order chi connectivity index (χ1) is 10.5. The molecule has 0 aliphatic rings. The minimum atomic E-state index is -0.443. The summed E-state index contributed by atoms with van der Waals surface area (Å²) >= 11 is 5.78. The number of phenols is 1. The van der Waals surface area contributed by atoms with Crippen molar-refractivity contribution in [2.45, 2.75) is 0 Å². The minimum Gasteiger partial charge on any atom is -0.506 e. The summed E-state index contributed by atoms with van der Waals surface area (Å²) in [6.45, 7) is 0.445. The first-order valence-corrected chi connectivity index (χ1v) is 6.98. The fourth-order valence-corrected chi connectivity index (χ4v) is 2.00. The van der Waals surface area contributed by atoms with Crippen LogP contribution in [-0.4, -0.2) is 36.1 Å². The van der Waals surface area contributed by atoms with Gasteiger partial charge in [0.25, 0.3) is 5.91 Å². The fraction of sp³-hybridized carbons (Fsp3) is 0.188. The van der Waals surface area contributed by atoms with Crippen LogP contribution in [-0.2, 0) is 0 Å². The predicted molar refractivity (Wildman–Crippen MR) is 82.0 cm³/mol. The standard InChI is InChI=1S/C16H15ClFNO3/c1-19(8-9-22-15-5-3-2-4-13(15)18)16(21)11-6-7-14(20)12(17)10-11/h2-7,10,20H,8-9H2,1H3. The van der Waals surface area contributed by atoms with E-state index in [1.54, 1.807) is 19.2 Å². The second-order valence-corrected chi connectivity index (χ2v) is 5.08. The number of likely N-dealkylation sites (N-methyl/N-ethyl adjacent to an activating group) is 1. The van der Waals surface area contributed by atoms with Gasteiger partial charge in [-0.3, -0.25) is 4.79 Å². The van der Waals surface area contributed by atoms with Crippen LogP contribution < -0.4 is 4.74 Å². The van der Waals surface area contributed by atoms with Crippen molar-refractivity contribution in [2.24, 2.45) is 0 Å². The third-order valence-electron chi connectivity index (χ3n) is 3.06. The molecule has 1 N–H and O–H groups in total. The molecule has 0 heterocycles. The van der Waals surface area contributed by atoms with E-state index < -0.39 is 5.82 Å². The van der Waals surface area contributed by atoms with Gasteiger partial charge in [-0.15, -0.1) is 0 Å². The Morgan fingerprint density at radius 2 is 2.05 bits per heavy atom. The molecule has 0 fully saturated rings.